The predicted octanol–water partition coefficient (Wildman–Crippen LogP) is 3.89. The quantitative estimate of drug-likeness (QED) is 0.570. The van der Waals surface area contributed by atoms with Gasteiger partial charge in [0.05, 0.1) is 11.3 Å². The molecule has 1 unspecified atom stereocenters. The van der Waals surface area contributed by atoms with E-state index in [4.69, 9.17) is 9.41 Å². The highest BCUT2D eigenvalue weighted by Crippen LogP contribution is 2.24. The number of furan rings is 1. The van der Waals surface area contributed by atoms with Crippen molar-refractivity contribution in [1.82, 2.24) is 10.6 Å². The Bertz CT molecular complexity index is 645. The Morgan fingerprint density at radius 1 is 1.35 bits per heavy atom. The summed E-state index contributed by atoms with van der Waals surface area (Å²) in [5, 5.41) is 10.7. The van der Waals surface area contributed by atoms with Crippen molar-refractivity contribution >= 4 is 22.3 Å². The van der Waals surface area contributed by atoms with Crippen LogP contribution in [-0.4, -0.2) is 37.7 Å². The highest BCUT2D eigenvalue weighted by molar-refractivity contribution is 7.14. The Morgan fingerprint density at radius 3 is 2.85 bits per heavy atom. The van der Waals surface area contributed by atoms with Gasteiger partial charge in [-0.3, -0.25) is 4.99 Å². The third-order valence-corrected chi connectivity index (χ3v) is 5.79. The van der Waals surface area contributed by atoms with Crippen molar-refractivity contribution in [2.45, 2.75) is 51.6 Å². The Hall–Kier alpha value is -1.95. The number of anilines is 1. The summed E-state index contributed by atoms with van der Waals surface area (Å²) in [7, 11) is 0. The van der Waals surface area contributed by atoms with E-state index in [-0.39, 0.29) is 0 Å². The highest BCUT2D eigenvalue weighted by Gasteiger charge is 2.21. The number of hydrogen-bond donors (Lipinski definition) is 2. The number of guanidine groups is 1. The second kappa shape index (κ2) is 9.67. The van der Waals surface area contributed by atoms with Gasteiger partial charge in [-0.05, 0) is 55.8 Å². The SMILES string of the molecule is CCC(C)NC(=NCCc1ccco1)NC1CCN(c2cccs2)CC1. The summed E-state index contributed by atoms with van der Waals surface area (Å²) in [6, 6.07) is 9.16. The van der Waals surface area contributed by atoms with Gasteiger partial charge >= 0.3 is 0 Å². The van der Waals surface area contributed by atoms with Crippen LogP contribution in [0.2, 0.25) is 0 Å². The number of hydrogen-bond acceptors (Lipinski definition) is 4. The van der Waals surface area contributed by atoms with Crippen molar-refractivity contribution in [3.63, 3.8) is 0 Å². The number of thiophene rings is 1. The number of nitrogens with zero attached hydrogens (tertiary/aromatic N) is 2. The second-order valence-electron chi connectivity index (χ2n) is 6.87. The first-order valence-corrected chi connectivity index (χ1v) is 10.5. The van der Waals surface area contributed by atoms with E-state index >= 15 is 0 Å². The molecule has 0 aromatic carbocycles. The number of nitrogens with one attached hydrogen (secondary N) is 2. The molecule has 3 rings (SSSR count). The zero-order valence-corrected chi connectivity index (χ0v) is 16.6. The lowest BCUT2D eigenvalue weighted by atomic mass is 10.1. The first kappa shape index (κ1) is 18.8. The molecule has 0 spiro atoms. The van der Waals surface area contributed by atoms with Crippen LogP contribution in [0.25, 0.3) is 0 Å². The van der Waals surface area contributed by atoms with E-state index < -0.39 is 0 Å². The van der Waals surface area contributed by atoms with E-state index in [0.29, 0.717) is 12.1 Å². The van der Waals surface area contributed by atoms with E-state index in [0.717, 1.165) is 57.0 Å². The minimum absolute atomic E-state index is 0.413. The van der Waals surface area contributed by atoms with Crippen LogP contribution in [0, 0.1) is 0 Å². The molecule has 26 heavy (non-hydrogen) atoms. The van der Waals surface area contributed by atoms with E-state index in [9.17, 15) is 0 Å². The third-order valence-electron chi connectivity index (χ3n) is 4.86. The lowest BCUT2D eigenvalue weighted by molar-refractivity contribution is 0.458. The standard InChI is InChI=1S/C20H30N4OS/c1-3-16(2)22-20(21-11-8-18-6-4-14-25-18)23-17-9-12-24(13-10-17)19-7-5-15-26-19/h4-7,14-17H,3,8-13H2,1-2H3,(H2,21,22,23). The van der Waals surface area contributed by atoms with E-state index in [1.165, 1.54) is 5.00 Å². The maximum absolute atomic E-state index is 5.40. The van der Waals surface area contributed by atoms with Crippen LogP contribution in [0.4, 0.5) is 5.00 Å². The summed E-state index contributed by atoms with van der Waals surface area (Å²) in [6.45, 7) is 7.32. The summed E-state index contributed by atoms with van der Waals surface area (Å²) in [5.74, 6) is 1.92. The molecule has 1 atom stereocenters. The Morgan fingerprint density at radius 2 is 2.19 bits per heavy atom. The Balaban J connectivity index is 1.51. The molecule has 2 N–H and O–H groups in total. The average Bonchev–Trinajstić information content (AvgIpc) is 3.36. The zero-order valence-electron chi connectivity index (χ0n) is 15.8. The van der Waals surface area contributed by atoms with E-state index in [2.05, 4.69) is 46.9 Å². The van der Waals surface area contributed by atoms with Gasteiger partial charge in [-0.15, -0.1) is 11.3 Å². The molecular weight excluding hydrogens is 344 g/mol. The molecule has 3 heterocycles. The maximum atomic E-state index is 5.40. The number of aliphatic imine (C=N–C) groups is 1. The summed E-state index contributed by atoms with van der Waals surface area (Å²) in [4.78, 5) is 7.26. The van der Waals surface area contributed by atoms with Gasteiger partial charge in [0.15, 0.2) is 5.96 Å². The van der Waals surface area contributed by atoms with Crippen molar-refractivity contribution in [1.29, 1.82) is 0 Å². The minimum Gasteiger partial charge on any atom is -0.469 e. The maximum Gasteiger partial charge on any atom is 0.191 e. The van der Waals surface area contributed by atoms with E-state index in [1.807, 2.05) is 23.5 Å². The lowest BCUT2D eigenvalue weighted by Gasteiger charge is -2.34. The molecule has 0 bridgehead atoms. The fourth-order valence-corrected chi connectivity index (χ4v) is 3.87. The molecule has 0 amide bonds. The van der Waals surface area contributed by atoms with Gasteiger partial charge in [-0.25, -0.2) is 0 Å². The van der Waals surface area contributed by atoms with Crippen LogP contribution in [0.3, 0.4) is 0 Å². The molecule has 142 valence electrons. The summed E-state index contributed by atoms with van der Waals surface area (Å²) in [6.07, 6.45) is 5.90. The molecule has 6 heteroatoms. The van der Waals surface area contributed by atoms with Crippen molar-refractivity contribution in [3.8, 4) is 0 Å². The lowest BCUT2D eigenvalue weighted by Crippen LogP contribution is -2.50. The second-order valence-corrected chi connectivity index (χ2v) is 7.80. The van der Waals surface area contributed by atoms with Gasteiger partial charge < -0.3 is 20.0 Å². The van der Waals surface area contributed by atoms with Crippen molar-refractivity contribution in [3.05, 3.63) is 41.7 Å². The fraction of sp³-hybridized carbons (Fsp3) is 0.550. The van der Waals surface area contributed by atoms with Gasteiger partial charge in [0.25, 0.3) is 0 Å². The summed E-state index contributed by atoms with van der Waals surface area (Å²) in [5.41, 5.74) is 0. The highest BCUT2D eigenvalue weighted by atomic mass is 32.1. The topological polar surface area (TPSA) is 52.8 Å². The predicted molar refractivity (Wildman–Crippen MR) is 110 cm³/mol. The van der Waals surface area contributed by atoms with Crippen LogP contribution < -0.4 is 15.5 Å². The first-order valence-electron chi connectivity index (χ1n) is 9.63. The molecule has 2 aromatic rings. The molecule has 0 saturated carbocycles. The van der Waals surface area contributed by atoms with E-state index in [1.54, 1.807) is 6.26 Å². The number of rotatable bonds is 7. The summed E-state index contributed by atoms with van der Waals surface area (Å²) >= 11 is 1.83. The fourth-order valence-electron chi connectivity index (χ4n) is 3.09. The molecular formula is C20H30N4OS. The van der Waals surface area contributed by atoms with Crippen LogP contribution in [0.5, 0.6) is 0 Å². The van der Waals surface area contributed by atoms with Gasteiger partial charge in [-0.2, -0.15) is 0 Å². The van der Waals surface area contributed by atoms with Crippen LogP contribution >= 0.6 is 11.3 Å². The van der Waals surface area contributed by atoms with Gasteiger partial charge in [0, 0.05) is 38.1 Å². The molecule has 1 fully saturated rings. The smallest absolute Gasteiger partial charge is 0.191 e. The molecule has 1 saturated heterocycles. The molecule has 1 aliphatic heterocycles. The Labute approximate surface area is 160 Å². The van der Waals surface area contributed by atoms with Crippen LogP contribution in [-0.2, 0) is 6.42 Å². The van der Waals surface area contributed by atoms with Crippen molar-refractivity contribution in [2.75, 3.05) is 24.5 Å². The average molecular weight is 375 g/mol. The normalized spacial score (nSPS) is 17.3. The van der Waals surface area contributed by atoms with Crippen LogP contribution in [0.15, 0.2) is 45.3 Å². The van der Waals surface area contributed by atoms with Crippen LogP contribution in [0.1, 0.15) is 38.9 Å². The monoisotopic (exact) mass is 374 g/mol. The number of piperidine rings is 1. The first-order chi connectivity index (χ1) is 12.7. The molecule has 0 radical (unpaired) electrons. The van der Waals surface area contributed by atoms with Crippen molar-refractivity contribution in [2.24, 2.45) is 4.99 Å². The molecule has 0 aliphatic carbocycles. The molecule has 1 aliphatic rings. The van der Waals surface area contributed by atoms with Gasteiger partial charge in [0.2, 0.25) is 0 Å². The summed E-state index contributed by atoms with van der Waals surface area (Å²) < 4.78 is 5.40. The largest absolute Gasteiger partial charge is 0.469 e. The Kier molecular flexibility index (Phi) is 7.00. The van der Waals surface area contributed by atoms with Gasteiger partial charge in [0.1, 0.15) is 5.76 Å². The third kappa shape index (κ3) is 5.53. The molecule has 2 aromatic heterocycles. The minimum atomic E-state index is 0.413. The molecule has 5 nitrogen and oxygen atoms in total. The zero-order chi connectivity index (χ0) is 18.2. The van der Waals surface area contributed by atoms with Gasteiger partial charge in [-0.1, -0.05) is 6.92 Å². The van der Waals surface area contributed by atoms with Crippen molar-refractivity contribution < 1.29 is 4.42 Å².